The number of anilines is 1. The second-order valence-corrected chi connectivity index (χ2v) is 5.01. The van der Waals surface area contributed by atoms with Gasteiger partial charge in [-0.1, -0.05) is 30.3 Å². The van der Waals surface area contributed by atoms with Crippen LogP contribution in [0.3, 0.4) is 0 Å². The van der Waals surface area contributed by atoms with Gasteiger partial charge < -0.3 is 9.73 Å². The van der Waals surface area contributed by atoms with Gasteiger partial charge in [0.05, 0.1) is 6.54 Å². The van der Waals surface area contributed by atoms with Gasteiger partial charge in [0, 0.05) is 34.2 Å². The van der Waals surface area contributed by atoms with Gasteiger partial charge in [0.2, 0.25) is 0 Å². The smallest absolute Gasteiger partial charge is 0.134 e. The summed E-state index contributed by atoms with van der Waals surface area (Å²) in [6.45, 7) is 0.663. The van der Waals surface area contributed by atoms with Crippen molar-refractivity contribution in [2.75, 3.05) is 5.32 Å². The second kappa shape index (κ2) is 4.94. The molecule has 0 aliphatic heterocycles. The number of nitrogens with zero attached hydrogens (tertiary/aromatic N) is 1. The molecule has 0 unspecified atom stereocenters. The van der Waals surface area contributed by atoms with Crippen LogP contribution in [0, 0.1) is 0 Å². The summed E-state index contributed by atoms with van der Waals surface area (Å²) in [4.78, 5) is 4.15. The summed E-state index contributed by atoms with van der Waals surface area (Å²) in [6.07, 6.45) is 3.69. The minimum atomic E-state index is 0.663. The number of furan rings is 1. The number of nitrogens with one attached hydrogen (secondary N) is 1. The van der Waals surface area contributed by atoms with Crippen LogP contribution in [0.25, 0.3) is 21.7 Å². The van der Waals surface area contributed by atoms with Gasteiger partial charge in [-0.15, -0.1) is 0 Å². The van der Waals surface area contributed by atoms with Crippen LogP contribution in [0.2, 0.25) is 0 Å². The first-order valence-corrected chi connectivity index (χ1v) is 6.94. The molecule has 0 aliphatic rings. The van der Waals surface area contributed by atoms with Gasteiger partial charge in [-0.3, -0.25) is 4.98 Å². The minimum absolute atomic E-state index is 0.663. The lowest BCUT2D eigenvalue weighted by Gasteiger charge is -2.07. The van der Waals surface area contributed by atoms with Crippen LogP contribution in [-0.4, -0.2) is 4.98 Å². The molecule has 0 saturated carbocycles. The monoisotopic (exact) mass is 274 g/mol. The predicted octanol–water partition coefficient (Wildman–Crippen LogP) is 4.59. The van der Waals surface area contributed by atoms with E-state index in [0.717, 1.165) is 27.8 Å². The molecule has 2 aromatic heterocycles. The number of pyridine rings is 1. The van der Waals surface area contributed by atoms with E-state index in [1.807, 2.05) is 42.7 Å². The molecule has 0 bridgehead atoms. The second-order valence-electron chi connectivity index (χ2n) is 5.01. The normalized spacial score (nSPS) is 11.0. The number of fused-ring (bicyclic) bond motifs is 2. The SMILES string of the molecule is c1ccc2oc(CNc3cccc4cnccc34)cc2c1. The molecule has 0 spiro atoms. The zero-order valence-corrected chi connectivity index (χ0v) is 11.4. The van der Waals surface area contributed by atoms with Crippen molar-refractivity contribution in [2.45, 2.75) is 6.54 Å². The maximum atomic E-state index is 5.83. The Morgan fingerprint density at radius 1 is 0.952 bits per heavy atom. The average molecular weight is 274 g/mol. The first kappa shape index (κ1) is 12.0. The molecule has 102 valence electrons. The Hall–Kier alpha value is -2.81. The summed E-state index contributed by atoms with van der Waals surface area (Å²) in [7, 11) is 0. The fourth-order valence-electron chi connectivity index (χ4n) is 2.58. The quantitative estimate of drug-likeness (QED) is 0.593. The molecular weight excluding hydrogens is 260 g/mol. The highest BCUT2D eigenvalue weighted by Crippen LogP contribution is 2.24. The van der Waals surface area contributed by atoms with Gasteiger partial charge in [0.1, 0.15) is 11.3 Å². The van der Waals surface area contributed by atoms with Crippen molar-refractivity contribution >= 4 is 27.4 Å². The van der Waals surface area contributed by atoms with Crippen molar-refractivity contribution in [3.8, 4) is 0 Å². The highest BCUT2D eigenvalue weighted by Gasteiger charge is 2.04. The Morgan fingerprint density at radius 2 is 1.86 bits per heavy atom. The van der Waals surface area contributed by atoms with Gasteiger partial charge in [0.15, 0.2) is 0 Å². The lowest BCUT2D eigenvalue weighted by molar-refractivity contribution is 0.559. The summed E-state index contributed by atoms with van der Waals surface area (Å²) in [5, 5.41) is 6.88. The topological polar surface area (TPSA) is 38.1 Å². The third kappa shape index (κ3) is 2.23. The van der Waals surface area contributed by atoms with E-state index in [-0.39, 0.29) is 0 Å². The Balaban J connectivity index is 1.63. The molecule has 0 aliphatic carbocycles. The van der Waals surface area contributed by atoms with Crippen LogP contribution in [0.1, 0.15) is 5.76 Å². The molecule has 3 nitrogen and oxygen atoms in total. The molecule has 2 aromatic carbocycles. The Labute approximate surface area is 122 Å². The number of rotatable bonds is 3. The highest BCUT2D eigenvalue weighted by atomic mass is 16.3. The number of hydrogen-bond donors (Lipinski definition) is 1. The van der Waals surface area contributed by atoms with Gasteiger partial charge in [-0.05, 0) is 24.3 Å². The van der Waals surface area contributed by atoms with E-state index >= 15 is 0 Å². The van der Waals surface area contributed by atoms with Gasteiger partial charge in [0.25, 0.3) is 0 Å². The predicted molar refractivity (Wildman–Crippen MR) is 85.3 cm³/mol. The highest BCUT2D eigenvalue weighted by molar-refractivity contribution is 5.93. The number of aromatic nitrogens is 1. The lowest BCUT2D eigenvalue weighted by atomic mass is 10.1. The molecular formula is C18H14N2O. The first-order chi connectivity index (χ1) is 10.4. The van der Waals surface area contributed by atoms with Crippen molar-refractivity contribution in [3.63, 3.8) is 0 Å². The summed E-state index contributed by atoms with van der Waals surface area (Å²) in [6, 6.07) is 18.3. The van der Waals surface area contributed by atoms with Crippen LogP contribution in [0.4, 0.5) is 5.69 Å². The fourth-order valence-corrected chi connectivity index (χ4v) is 2.58. The largest absolute Gasteiger partial charge is 0.459 e. The van der Waals surface area contributed by atoms with Crippen LogP contribution in [0.5, 0.6) is 0 Å². The van der Waals surface area contributed by atoms with Crippen LogP contribution in [0.15, 0.2) is 71.4 Å². The van der Waals surface area contributed by atoms with E-state index in [2.05, 4.69) is 34.6 Å². The van der Waals surface area contributed by atoms with Crippen molar-refractivity contribution in [1.29, 1.82) is 0 Å². The zero-order chi connectivity index (χ0) is 14.1. The van der Waals surface area contributed by atoms with Crippen molar-refractivity contribution in [1.82, 2.24) is 4.98 Å². The summed E-state index contributed by atoms with van der Waals surface area (Å²) >= 11 is 0. The third-order valence-electron chi connectivity index (χ3n) is 3.61. The van der Waals surface area contributed by atoms with E-state index in [1.54, 1.807) is 0 Å². The molecule has 0 radical (unpaired) electrons. The van der Waals surface area contributed by atoms with Crippen LogP contribution >= 0.6 is 0 Å². The number of hydrogen-bond acceptors (Lipinski definition) is 3. The number of benzene rings is 2. The molecule has 4 rings (SSSR count). The Morgan fingerprint density at radius 3 is 2.81 bits per heavy atom. The van der Waals surface area contributed by atoms with E-state index in [1.165, 1.54) is 5.39 Å². The zero-order valence-electron chi connectivity index (χ0n) is 11.4. The Bertz CT molecular complexity index is 873. The first-order valence-electron chi connectivity index (χ1n) is 6.94. The molecule has 0 amide bonds. The van der Waals surface area contributed by atoms with Crippen molar-refractivity contribution in [2.24, 2.45) is 0 Å². The maximum Gasteiger partial charge on any atom is 0.134 e. The van der Waals surface area contributed by atoms with Gasteiger partial charge >= 0.3 is 0 Å². The molecule has 0 saturated heterocycles. The lowest BCUT2D eigenvalue weighted by Crippen LogP contribution is -1.98. The van der Waals surface area contributed by atoms with Gasteiger partial charge in [-0.25, -0.2) is 0 Å². The fraction of sp³-hybridized carbons (Fsp3) is 0.0556. The van der Waals surface area contributed by atoms with Crippen LogP contribution in [-0.2, 0) is 6.54 Å². The average Bonchev–Trinajstić information content (AvgIpc) is 2.96. The van der Waals surface area contributed by atoms with E-state index < -0.39 is 0 Å². The standard InChI is InChI=1S/C18H14N2O/c1-2-7-18-13(4-1)10-15(21-18)12-20-17-6-3-5-14-11-19-9-8-16(14)17/h1-11,20H,12H2. The van der Waals surface area contributed by atoms with Gasteiger partial charge in [-0.2, -0.15) is 0 Å². The number of para-hydroxylation sites is 1. The molecule has 21 heavy (non-hydrogen) atoms. The molecule has 0 atom stereocenters. The van der Waals surface area contributed by atoms with Crippen molar-refractivity contribution < 1.29 is 4.42 Å². The molecule has 2 heterocycles. The van der Waals surface area contributed by atoms with E-state index in [4.69, 9.17) is 4.42 Å². The summed E-state index contributed by atoms with van der Waals surface area (Å²) < 4.78 is 5.83. The summed E-state index contributed by atoms with van der Waals surface area (Å²) in [5.74, 6) is 0.933. The van der Waals surface area contributed by atoms with Crippen LogP contribution < -0.4 is 5.32 Å². The molecule has 4 aromatic rings. The molecule has 0 fully saturated rings. The summed E-state index contributed by atoms with van der Waals surface area (Å²) in [5.41, 5.74) is 2.02. The maximum absolute atomic E-state index is 5.83. The third-order valence-corrected chi connectivity index (χ3v) is 3.61. The molecule has 3 heteroatoms. The minimum Gasteiger partial charge on any atom is -0.459 e. The van der Waals surface area contributed by atoms with E-state index in [9.17, 15) is 0 Å². The van der Waals surface area contributed by atoms with E-state index in [0.29, 0.717) is 6.54 Å². The Kier molecular flexibility index (Phi) is 2.82. The van der Waals surface area contributed by atoms with Crippen molar-refractivity contribution in [3.05, 3.63) is 72.8 Å². The molecule has 1 N–H and O–H groups in total.